The van der Waals surface area contributed by atoms with Crippen LogP contribution >= 0.6 is 0 Å². The van der Waals surface area contributed by atoms with Crippen molar-refractivity contribution in [1.82, 2.24) is 15.5 Å². The van der Waals surface area contributed by atoms with Crippen LogP contribution in [0.5, 0.6) is 0 Å². The summed E-state index contributed by atoms with van der Waals surface area (Å²) in [4.78, 5) is 12.7. The van der Waals surface area contributed by atoms with Crippen molar-refractivity contribution in [3.63, 3.8) is 0 Å². The van der Waals surface area contributed by atoms with Gasteiger partial charge >= 0.3 is 6.03 Å². The number of anilines is 1. The summed E-state index contributed by atoms with van der Waals surface area (Å²) in [5.74, 6) is 0. The van der Waals surface area contributed by atoms with E-state index >= 15 is 0 Å². The summed E-state index contributed by atoms with van der Waals surface area (Å²) < 4.78 is 0. The van der Waals surface area contributed by atoms with Crippen molar-refractivity contribution in [2.75, 3.05) is 18.0 Å². The molecule has 0 atom stereocenters. The van der Waals surface area contributed by atoms with Crippen molar-refractivity contribution in [2.45, 2.75) is 0 Å². The first kappa shape index (κ1) is 6.21. The zero-order chi connectivity index (χ0) is 7.68. The van der Waals surface area contributed by atoms with Gasteiger partial charge in [-0.25, -0.2) is 4.79 Å². The van der Waals surface area contributed by atoms with Gasteiger partial charge in [-0.2, -0.15) is 5.10 Å². The van der Waals surface area contributed by atoms with Gasteiger partial charge in [-0.05, 0) is 0 Å². The van der Waals surface area contributed by atoms with Gasteiger partial charge in [0.25, 0.3) is 0 Å². The SMILES string of the molecule is O=C1NCCN1c1cn[nH]c1. The van der Waals surface area contributed by atoms with Gasteiger partial charge in [0.2, 0.25) is 0 Å². The van der Waals surface area contributed by atoms with Crippen LogP contribution in [0.25, 0.3) is 0 Å². The minimum absolute atomic E-state index is 0.0496. The van der Waals surface area contributed by atoms with Crippen LogP contribution in [0.3, 0.4) is 0 Å². The van der Waals surface area contributed by atoms with Gasteiger partial charge < -0.3 is 5.32 Å². The first-order valence-electron chi connectivity index (χ1n) is 3.42. The molecule has 0 saturated carbocycles. The Bertz CT molecular complexity index is 256. The van der Waals surface area contributed by atoms with Crippen molar-refractivity contribution >= 4 is 11.7 Å². The van der Waals surface area contributed by atoms with E-state index in [0.29, 0.717) is 6.54 Å². The minimum atomic E-state index is -0.0496. The molecular formula is C6H8N4O. The lowest BCUT2D eigenvalue weighted by molar-refractivity contribution is 0.252. The Kier molecular flexibility index (Phi) is 1.28. The molecule has 5 heteroatoms. The zero-order valence-corrected chi connectivity index (χ0v) is 5.87. The standard InChI is InChI=1S/C6H8N4O/c11-6-7-1-2-10(6)5-3-8-9-4-5/h3-4H,1-2H2,(H,7,11)(H,8,9). The Morgan fingerprint density at radius 3 is 3.09 bits per heavy atom. The Balaban J connectivity index is 2.23. The second kappa shape index (κ2) is 2.26. The van der Waals surface area contributed by atoms with Crippen LogP contribution in [0, 0.1) is 0 Å². The van der Waals surface area contributed by atoms with Crippen molar-refractivity contribution < 1.29 is 4.79 Å². The highest BCUT2D eigenvalue weighted by Gasteiger charge is 2.21. The number of carbonyl (C=O) groups is 1. The average Bonchev–Trinajstić information content (AvgIpc) is 2.55. The number of nitrogens with zero attached hydrogens (tertiary/aromatic N) is 2. The molecule has 5 nitrogen and oxygen atoms in total. The summed E-state index contributed by atoms with van der Waals surface area (Å²) in [7, 11) is 0. The van der Waals surface area contributed by atoms with E-state index in [2.05, 4.69) is 15.5 Å². The molecular weight excluding hydrogens is 144 g/mol. The summed E-state index contributed by atoms with van der Waals surface area (Å²) in [6, 6.07) is -0.0496. The molecule has 1 aromatic rings. The number of hydrogen-bond donors (Lipinski definition) is 2. The zero-order valence-electron chi connectivity index (χ0n) is 5.87. The van der Waals surface area contributed by atoms with Crippen LogP contribution in [0.4, 0.5) is 10.5 Å². The summed E-state index contributed by atoms with van der Waals surface area (Å²) in [6.07, 6.45) is 3.33. The van der Waals surface area contributed by atoms with E-state index in [1.54, 1.807) is 17.3 Å². The third-order valence-corrected chi connectivity index (χ3v) is 1.65. The molecule has 1 saturated heterocycles. The van der Waals surface area contributed by atoms with Crippen LogP contribution in [0.15, 0.2) is 12.4 Å². The Hall–Kier alpha value is -1.52. The molecule has 0 aromatic carbocycles. The normalized spacial score (nSPS) is 17.1. The molecule has 2 heterocycles. The van der Waals surface area contributed by atoms with Crippen molar-refractivity contribution in [1.29, 1.82) is 0 Å². The van der Waals surface area contributed by atoms with Gasteiger partial charge in [-0.15, -0.1) is 0 Å². The van der Waals surface area contributed by atoms with Crippen LogP contribution in [0.2, 0.25) is 0 Å². The van der Waals surface area contributed by atoms with E-state index < -0.39 is 0 Å². The summed E-state index contributed by atoms with van der Waals surface area (Å²) in [5.41, 5.74) is 0.819. The highest BCUT2D eigenvalue weighted by molar-refractivity contribution is 5.93. The summed E-state index contributed by atoms with van der Waals surface area (Å²) in [6.45, 7) is 1.43. The van der Waals surface area contributed by atoms with Gasteiger partial charge in [0.15, 0.2) is 0 Å². The second-order valence-electron chi connectivity index (χ2n) is 2.34. The van der Waals surface area contributed by atoms with E-state index in [1.165, 1.54) is 0 Å². The fraction of sp³-hybridized carbons (Fsp3) is 0.333. The maximum absolute atomic E-state index is 11.0. The van der Waals surface area contributed by atoms with Gasteiger partial charge in [0.05, 0.1) is 11.9 Å². The lowest BCUT2D eigenvalue weighted by Crippen LogP contribution is -2.27. The molecule has 0 bridgehead atoms. The van der Waals surface area contributed by atoms with Gasteiger partial charge in [0, 0.05) is 19.3 Å². The van der Waals surface area contributed by atoms with Crippen molar-refractivity contribution in [3.8, 4) is 0 Å². The van der Waals surface area contributed by atoms with E-state index in [0.717, 1.165) is 12.2 Å². The number of rotatable bonds is 1. The maximum atomic E-state index is 11.0. The second-order valence-corrected chi connectivity index (χ2v) is 2.34. The molecule has 1 aliphatic heterocycles. The van der Waals surface area contributed by atoms with E-state index in [1.807, 2.05) is 0 Å². The third kappa shape index (κ3) is 0.938. The third-order valence-electron chi connectivity index (χ3n) is 1.65. The van der Waals surface area contributed by atoms with E-state index in [4.69, 9.17) is 0 Å². The van der Waals surface area contributed by atoms with Crippen molar-refractivity contribution in [2.24, 2.45) is 0 Å². The Morgan fingerprint density at radius 2 is 2.55 bits per heavy atom. The number of urea groups is 1. The summed E-state index contributed by atoms with van der Waals surface area (Å²) in [5, 5.41) is 9.11. The molecule has 0 aliphatic carbocycles. The number of hydrogen-bond acceptors (Lipinski definition) is 2. The molecule has 0 radical (unpaired) electrons. The smallest absolute Gasteiger partial charge is 0.322 e. The average molecular weight is 152 g/mol. The van der Waals surface area contributed by atoms with E-state index in [9.17, 15) is 4.79 Å². The molecule has 58 valence electrons. The molecule has 2 amide bonds. The number of nitrogens with one attached hydrogen (secondary N) is 2. The molecule has 1 aliphatic rings. The van der Waals surface area contributed by atoms with Gasteiger partial charge in [-0.3, -0.25) is 10.00 Å². The lowest BCUT2D eigenvalue weighted by Gasteiger charge is -2.09. The fourth-order valence-corrected chi connectivity index (χ4v) is 1.11. The molecule has 1 aromatic heterocycles. The van der Waals surface area contributed by atoms with Crippen LogP contribution < -0.4 is 10.2 Å². The first-order chi connectivity index (χ1) is 5.38. The molecule has 11 heavy (non-hydrogen) atoms. The number of amides is 2. The largest absolute Gasteiger partial charge is 0.336 e. The fourth-order valence-electron chi connectivity index (χ4n) is 1.11. The number of carbonyl (C=O) groups excluding carboxylic acids is 1. The Morgan fingerprint density at radius 1 is 1.64 bits per heavy atom. The molecule has 1 fully saturated rings. The predicted molar refractivity (Wildman–Crippen MR) is 39.3 cm³/mol. The first-order valence-corrected chi connectivity index (χ1v) is 3.42. The topological polar surface area (TPSA) is 61.0 Å². The van der Waals surface area contributed by atoms with Crippen molar-refractivity contribution in [3.05, 3.63) is 12.4 Å². The quantitative estimate of drug-likeness (QED) is 0.592. The maximum Gasteiger partial charge on any atom is 0.322 e. The van der Waals surface area contributed by atoms with Gasteiger partial charge in [-0.1, -0.05) is 0 Å². The molecule has 2 rings (SSSR count). The van der Waals surface area contributed by atoms with Crippen LogP contribution in [-0.4, -0.2) is 29.3 Å². The molecule has 0 unspecified atom stereocenters. The van der Waals surface area contributed by atoms with E-state index in [-0.39, 0.29) is 6.03 Å². The summed E-state index contributed by atoms with van der Waals surface area (Å²) >= 11 is 0. The monoisotopic (exact) mass is 152 g/mol. The number of aromatic nitrogens is 2. The van der Waals surface area contributed by atoms with Gasteiger partial charge in [0.1, 0.15) is 0 Å². The Labute approximate surface area is 63.4 Å². The van der Waals surface area contributed by atoms with Crippen LogP contribution in [0.1, 0.15) is 0 Å². The predicted octanol–water partition coefficient (Wildman–Crippen LogP) is -0.0607. The molecule has 0 spiro atoms. The number of aromatic amines is 1. The van der Waals surface area contributed by atoms with Crippen LogP contribution in [-0.2, 0) is 0 Å². The highest BCUT2D eigenvalue weighted by atomic mass is 16.2. The molecule has 2 N–H and O–H groups in total. The minimum Gasteiger partial charge on any atom is -0.336 e. The number of H-pyrrole nitrogens is 1. The highest BCUT2D eigenvalue weighted by Crippen LogP contribution is 2.12. The lowest BCUT2D eigenvalue weighted by atomic mass is 10.5.